The molecule has 0 fully saturated rings. The standard InChI is InChI=1S/C19H23Cl2N2O4PS/c1-13-9-17(18(25-2)10-16(13)21)22-19(29)23(12-28(24,26-3)27-4)11-14-7-5-6-8-15(14)20/h5-10H,11-12H2,1-4H3,(H,22,29). The van der Waals surface area contributed by atoms with Crippen LogP contribution in [0.25, 0.3) is 0 Å². The van der Waals surface area contributed by atoms with Crippen LogP contribution in [-0.2, 0) is 20.2 Å². The van der Waals surface area contributed by atoms with E-state index in [-0.39, 0.29) is 6.29 Å². The first-order valence-electron chi connectivity index (χ1n) is 8.57. The summed E-state index contributed by atoms with van der Waals surface area (Å²) >= 11 is 18.1. The Morgan fingerprint density at radius 2 is 1.79 bits per heavy atom. The van der Waals surface area contributed by atoms with Crippen molar-refractivity contribution >= 4 is 53.8 Å². The highest BCUT2D eigenvalue weighted by molar-refractivity contribution is 7.80. The number of nitrogens with zero attached hydrogens (tertiary/aromatic N) is 1. The monoisotopic (exact) mass is 476 g/mol. The lowest BCUT2D eigenvalue weighted by atomic mass is 10.2. The van der Waals surface area contributed by atoms with Crippen LogP contribution in [0.2, 0.25) is 10.0 Å². The van der Waals surface area contributed by atoms with Crippen molar-refractivity contribution in [3.8, 4) is 5.75 Å². The maximum absolute atomic E-state index is 12.8. The average molecular weight is 477 g/mol. The molecule has 0 aliphatic carbocycles. The third-order valence-corrected chi connectivity index (χ3v) is 7.17. The highest BCUT2D eigenvalue weighted by atomic mass is 35.5. The van der Waals surface area contributed by atoms with Crippen molar-refractivity contribution in [2.75, 3.05) is 32.9 Å². The Labute approximate surface area is 186 Å². The number of aryl methyl sites for hydroxylation is 1. The van der Waals surface area contributed by atoms with Gasteiger partial charge in [0, 0.05) is 36.9 Å². The molecule has 0 radical (unpaired) electrons. The van der Waals surface area contributed by atoms with E-state index in [1.807, 2.05) is 31.2 Å². The molecule has 2 aromatic rings. The number of nitrogens with one attached hydrogen (secondary N) is 1. The Morgan fingerprint density at radius 3 is 2.38 bits per heavy atom. The Balaban J connectivity index is 2.35. The Bertz CT molecular complexity index is 921. The van der Waals surface area contributed by atoms with E-state index in [9.17, 15) is 4.57 Å². The lowest BCUT2D eigenvalue weighted by Crippen LogP contribution is -2.35. The fourth-order valence-corrected chi connectivity index (χ4v) is 4.26. The largest absolute Gasteiger partial charge is 0.495 e. The van der Waals surface area contributed by atoms with Gasteiger partial charge in [0.1, 0.15) is 12.0 Å². The Hall–Kier alpha value is -1.34. The van der Waals surface area contributed by atoms with Gasteiger partial charge >= 0.3 is 7.60 Å². The first kappa shape index (κ1) is 23.9. The molecule has 0 atom stereocenters. The summed E-state index contributed by atoms with van der Waals surface area (Å²) < 4.78 is 28.3. The van der Waals surface area contributed by atoms with Crippen LogP contribution in [0.5, 0.6) is 5.75 Å². The third-order valence-electron chi connectivity index (χ3n) is 4.23. The molecule has 0 spiro atoms. The maximum atomic E-state index is 12.8. The number of benzene rings is 2. The van der Waals surface area contributed by atoms with Crippen molar-refractivity contribution < 1.29 is 18.3 Å². The molecule has 0 bridgehead atoms. The Kier molecular flexibility index (Phi) is 8.76. The zero-order valence-corrected chi connectivity index (χ0v) is 19.8. The molecule has 0 saturated carbocycles. The summed E-state index contributed by atoms with van der Waals surface area (Å²) in [5.74, 6) is 0.530. The molecule has 0 saturated heterocycles. The van der Waals surface area contributed by atoms with Crippen molar-refractivity contribution in [3.05, 3.63) is 57.6 Å². The number of methoxy groups -OCH3 is 1. The molecule has 1 N–H and O–H groups in total. The molecular formula is C19H23Cl2N2O4PS. The molecule has 2 rings (SSSR count). The minimum Gasteiger partial charge on any atom is -0.495 e. The number of hydrogen-bond acceptors (Lipinski definition) is 5. The predicted molar refractivity (Wildman–Crippen MR) is 122 cm³/mol. The summed E-state index contributed by atoms with van der Waals surface area (Å²) in [7, 11) is 0.828. The highest BCUT2D eigenvalue weighted by Gasteiger charge is 2.27. The highest BCUT2D eigenvalue weighted by Crippen LogP contribution is 2.47. The van der Waals surface area contributed by atoms with Gasteiger partial charge in [0.05, 0.1) is 12.8 Å². The molecule has 0 unspecified atom stereocenters. The SMILES string of the molecule is COc1cc(Cl)c(C)cc1NC(=S)N(Cc1ccccc1Cl)CP(=O)(OC)OC. The topological polar surface area (TPSA) is 60.0 Å². The first-order chi connectivity index (χ1) is 13.7. The second kappa shape index (κ2) is 10.6. The van der Waals surface area contributed by atoms with E-state index in [0.29, 0.717) is 33.1 Å². The van der Waals surface area contributed by atoms with Crippen LogP contribution in [0.3, 0.4) is 0 Å². The summed E-state index contributed by atoms with van der Waals surface area (Å²) in [6, 6.07) is 10.9. The van der Waals surface area contributed by atoms with Crippen molar-refractivity contribution in [1.29, 1.82) is 0 Å². The number of thiocarbonyl (C=S) groups is 1. The van der Waals surface area contributed by atoms with Crippen LogP contribution in [-0.4, -0.2) is 37.6 Å². The molecular weight excluding hydrogens is 454 g/mol. The minimum absolute atomic E-state index is 0.0635. The summed E-state index contributed by atoms with van der Waals surface area (Å²) in [6.07, 6.45) is -0.0635. The number of rotatable bonds is 8. The minimum atomic E-state index is -3.38. The van der Waals surface area contributed by atoms with Gasteiger partial charge in [0.25, 0.3) is 0 Å². The lowest BCUT2D eigenvalue weighted by molar-refractivity contribution is 0.260. The molecule has 0 aromatic heterocycles. The maximum Gasteiger partial charge on any atom is 0.349 e. The summed E-state index contributed by atoms with van der Waals surface area (Å²) in [5, 5.41) is 4.60. The van der Waals surface area contributed by atoms with Crippen LogP contribution in [0.1, 0.15) is 11.1 Å². The quantitative estimate of drug-likeness (QED) is 0.372. The molecule has 0 aliphatic heterocycles. The van der Waals surface area contributed by atoms with Gasteiger partial charge in [-0.15, -0.1) is 0 Å². The van der Waals surface area contributed by atoms with E-state index in [4.69, 9.17) is 49.2 Å². The summed E-state index contributed by atoms with van der Waals surface area (Å²) in [4.78, 5) is 1.67. The number of hydrogen-bond donors (Lipinski definition) is 1. The van der Waals surface area contributed by atoms with Crippen molar-refractivity contribution in [2.24, 2.45) is 0 Å². The van der Waals surface area contributed by atoms with Gasteiger partial charge in [0.2, 0.25) is 0 Å². The Morgan fingerprint density at radius 1 is 1.14 bits per heavy atom. The average Bonchev–Trinajstić information content (AvgIpc) is 2.71. The lowest BCUT2D eigenvalue weighted by Gasteiger charge is -2.29. The van der Waals surface area contributed by atoms with E-state index in [0.717, 1.165) is 11.1 Å². The van der Waals surface area contributed by atoms with Gasteiger partial charge < -0.3 is 24.0 Å². The zero-order valence-electron chi connectivity index (χ0n) is 16.6. The van der Waals surface area contributed by atoms with E-state index < -0.39 is 7.60 Å². The smallest absolute Gasteiger partial charge is 0.349 e. The number of ether oxygens (including phenoxy) is 1. The first-order valence-corrected chi connectivity index (χ1v) is 11.5. The molecule has 0 aliphatic rings. The van der Waals surface area contributed by atoms with E-state index in [1.54, 1.807) is 24.1 Å². The van der Waals surface area contributed by atoms with Crippen molar-refractivity contribution in [1.82, 2.24) is 4.90 Å². The van der Waals surface area contributed by atoms with E-state index in [1.165, 1.54) is 14.2 Å². The molecule has 0 amide bonds. The van der Waals surface area contributed by atoms with Gasteiger partial charge in [-0.3, -0.25) is 4.57 Å². The van der Waals surface area contributed by atoms with Crippen LogP contribution in [0, 0.1) is 6.92 Å². The third kappa shape index (κ3) is 6.32. The fourth-order valence-electron chi connectivity index (χ4n) is 2.54. The van der Waals surface area contributed by atoms with Gasteiger partial charge in [-0.25, -0.2) is 0 Å². The molecule has 6 nitrogen and oxygen atoms in total. The van der Waals surface area contributed by atoms with Crippen LogP contribution in [0.15, 0.2) is 36.4 Å². The van der Waals surface area contributed by atoms with Crippen molar-refractivity contribution in [3.63, 3.8) is 0 Å². The normalized spacial score (nSPS) is 11.2. The van der Waals surface area contributed by atoms with Gasteiger partial charge in [0.15, 0.2) is 5.11 Å². The van der Waals surface area contributed by atoms with E-state index in [2.05, 4.69) is 5.32 Å². The van der Waals surface area contributed by atoms with Gasteiger partial charge in [-0.2, -0.15) is 0 Å². The number of halogens is 2. The molecule has 29 heavy (non-hydrogen) atoms. The fraction of sp³-hybridized carbons (Fsp3) is 0.316. The van der Waals surface area contributed by atoms with Crippen LogP contribution < -0.4 is 10.1 Å². The van der Waals surface area contributed by atoms with E-state index >= 15 is 0 Å². The van der Waals surface area contributed by atoms with Gasteiger partial charge in [-0.1, -0.05) is 41.4 Å². The molecule has 0 heterocycles. The summed E-state index contributed by atoms with van der Waals surface area (Å²) in [6.45, 7) is 2.18. The second-order valence-corrected chi connectivity index (χ2v) is 9.57. The van der Waals surface area contributed by atoms with Gasteiger partial charge in [-0.05, 0) is 42.4 Å². The molecule has 158 valence electrons. The molecule has 10 heteroatoms. The number of anilines is 1. The predicted octanol–water partition coefficient (Wildman–Crippen LogP) is 5.95. The second-order valence-electron chi connectivity index (χ2n) is 6.14. The zero-order chi connectivity index (χ0) is 21.6. The van der Waals surface area contributed by atoms with Crippen LogP contribution in [0.4, 0.5) is 5.69 Å². The molecule has 2 aromatic carbocycles. The summed E-state index contributed by atoms with van der Waals surface area (Å²) in [5.41, 5.74) is 2.31. The van der Waals surface area contributed by atoms with Crippen LogP contribution >= 0.6 is 43.0 Å². The van der Waals surface area contributed by atoms with Crippen molar-refractivity contribution in [2.45, 2.75) is 13.5 Å².